The van der Waals surface area contributed by atoms with Crippen molar-refractivity contribution in [2.75, 3.05) is 46.9 Å². The van der Waals surface area contributed by atoms with Crippen molar-refractivity contribution in [3.05, 3.63) is 26.6 Å². The van der Waals surface area contributed by atoms with Gasteiger partial charge >= 0.3 is 0 Å². The molecular weight excluding hydrogens is 324 g/mol. The summed E-state index contributed by atoms with van der Waals surface area (Å²) in [4.78, 5) is 24.4. The van der Waals surface area contributed by atoms with Crippen LogP contribution in [0.5, 0.6) is 0 Å². The van der Waals surface area contributed by atoms with Crippen LogP contribution in [-0.2, 0) is 17.8 Å². The number of morpholine rings is 1. The first-order chi connectivity index (χ1) is 11.5. The van der Waals surface area contributed by atoms with Crippen LogP contribution >= 0.6 is 11.3 Å². The molecule has 6 nitrogen and oxygen atoms in total. The second kappa shape index (κ2) is 7.31. The standard InChI is InChI=1S/C17H26N4O2S/c1-12-13(2)24-16-15(12)17(22)21(14(18-16)11-19(3)4)6-5-20-7-9-23-10-8-20/h5-11H2,1-4H3. The largest absolute Gasteiger partial charge is 0.379 e. The van der Waals surface area contributed by atoms with Crippen molar-refractivity contribution < 1.29 is 4.74 Å². The zero-order valence-electron chi connectivity index (χ0n) is 15.0. The number of aromatic nitrogens is 2. The van der Waals surface area contributed by atoms with Crippen LogP contribution in [0.15, 0.2) is 4.79 Å². The molecule has 132 valence electrons. The summed E-state index contributed by atoms with van der Waals surface area (Å²) in [6.45, 7) is 9.72. The predicted molar refractivity (Wildman–Crippen MR) is 98.0 cm³/mol. The fourth-order valence-corrected chi connectivity index (χ4v) is 4.11. The Balaban J connectivity index is 1.97. The first-order valence-electron chi connectivity index (χ1n) is 8.41. The summed E-state index contributed by atoms with van der Waals surface area (Å²) in [5, 5.41) is 0.794. The third-order valence-electron chi connectivity index (χ3n) is 4.57. The fourth-order valence-electron chi connectivity index (χ4n) is 3.07. The van der Waals surface area contributed by atoms with Crippen LogP contribution in [0.3, 0.4) is 0 Å². The van der Waals surface area contributed by atoms with Gasteiger partial charge in [-0.3, -0.25) is 14.3 Å². The third-order valence-corrected chi connectivity index (χ3v) is 5.67. The summed E-state index contributed by atoms with van der Waals surface area (Å²) in [6, 6.07) is 0. The second-order valence-electron chi connectivity index (χ2n) is 6.64. The van der Waals surface area contributed by atoms with E-state index in [0.29, 0.717) is 13.1 Å². The molecule has 0 N–H and O–H groups in total. The van der Waals surface area contributed by atoms with Crippen LogP contribution in [0.25, 0.3) is 10.2 Å². The van der Waals surface area contributed by atoms with Gasteiger partial charge in [0, 0.05) is 31.1 Å². The number of hydrogen-bond donors (Lipinski definition) is 0. The van der Waals surface area contributed by atoms with Crippen LogP contribution in [0.1, 0.15) is 16.3 Å². The van der Waals surface area contributed by atoms with E-state index in [0.717, 1.165) is 54.5 Å². The van der Waals surface area contributed by atoms with Crippen LogP contribution in [0.4, 0.5) is 0 Å². The quantitative estimate of drug-likeness (QED) is 0.817. The van der Waals surface area contributed by atoms with Crippen molar-refractivity contribution in [1.82, 2.24) is 19.4 Å². The molecule has 0 unspecified atom stereocenters. The third kappa shape index (κ3) is 3.54. The topological polar surface area (TPSA) is 50.6 Å². The smallest absolute Gasteiger partial charge is 0.262 e. The first-order valence-corrected chi connectivity index (χ1v) is 9.23. The Kier molecular flexibility index (Phi) is 5.34. The van der Waals surface area contributed by atoms with Gasteiger partial charge in [0.15, 0.2) is 0 Å². The SMILES string of the molecule is Cc1sc2nc(CN(C)C)n(CCN3CCOCC3)c(=O)c2c1C. The average Bonchev–Trinajstić information content (AvgIpc) is 2.82. The van der Waals surface area contributed by atoms with Gasteiger partial charge in [0.25, 0.3) is 5.56 Å². The van der Waals surface area contributed by atoms with Crippen molar-refractivity contribution in [3.8, 4) is 0 Å². The van der Waals surface area contributed by atoms with Crippen LogP contribution in [0.2, 0.25) is 0 Å². The molecule has 2 aromatic heterocycles. The zero-order chi connectivity index (χ0) is 17.3. The number of aryl methyl sites for hydroxylation is 2. The van der Waals surface area contributed by atoms with E-state index >= 15 is 0 Å². The molecular formula is C17H26N4O2S. The lowest BCUT2D eigenvalue weighted by molar-refractivity contribution is 0.0361. The molecule has 24 heavy (non-hydrogen) atoms. The summed E-state index contributed by atoms with van der Waals surface area (Å²) in [5.41, 5.74) is 1.18. The molecule has 1 saturated heterocycles. The summed E-state index contributed by atoms with van der Waals surface area (Å²) in [7, 11) is 4.02. The highest BCUT2D eigenvalue weighted by Gasteiger charge is 2.18. The molecule has 3 rings (SSSR count). The van der Waals surface area contributed by atoms with Crippen LogP contribution in [-0.4, -0.2) is 66.3 Å². The molecule has 0 bridgehead atoms. The van der Waals surface area contributed by atoms with Crippen molar-refractivity contribution in [2.24, 2.45) is 0 Å². The Bertz CT molecular complexity index is 775. The summed E-state index contributed by atoms with van der Waals surface area (Å²) >= 11 is 1.62. The normalized spacial score (nSPS) is 16.4. The highest BCUT2D eigenvalue weighted by atomic mass is 32.1. The van der Waals surface area contributed by atoms with Gasteiger partial charge in [-0.05, 0) is 33.5 Å². The molecule has 0 aromatic carbocycles. The maximum atomic E-state index is 13.1. The molecule has 1 aliphatic rings. The van der Waals surface area contributed by atoms with E-state index in [9.17, 15) is 4.79 Å². The van der Waals surface area contributed by atoms with Gasteiger partial charge in [0.2, 0.25) is 0 Å². The van der Waals surface area contributed by atoms with E-state index in [1.807, 2.05) is 25.6 Å². The maximum Gasteiger partial charge on any atom is 0.262 e. The number of ether oxygens (including phenoxy) is 1. The lowest BCUT2D eigenvalue weighted by Crippen LogP contribution is -2.40. The lowest BCUT2D eigenvalue weighted by atomic mass is 10.2. The van der Waals surface area contributed by atoms with Crippen LogP contribution in [0, 0.1) is 13.8 Å². The molecule has 3 heterocycles. The zero-order valence-corrected chi connectivity index (χ0v) is 15.8. The van der Waals surface area contributed by atoms with E-state index in [1.54, 1.807) is 11.3 Å². The number of hydrogen-bond acceptors (Lipinski definition) is 6. The number of nitrogens with zero attached hydrogens (tertiary/aromatic N) is 4. The van der Waals surface area contributed by atoms with Gasteiger partial charge in [-0.15, -0.1) is 11.3 Å². The molecule has 1 fully saturated rings. The number of thiophene rings is 1. The highest BCUT2D eigenvalue weighted by molar-refractivity contribution is 7.18. The summed E-state index contributed by atoms with van der Waals surface area (Å²) in [6.07, 6.45) is 0. The summed E-state index contributed by atoms with van der Waals surface area (Å²) in [5.74, 6) is 0.854. The molecule has 0 spiro atoms. The highest BCUT2D eigenvalue weighted by Crippen LogP contribution is 2.26. The van der Waals surface area contributed by atoms with E-state index in [1.165, 1.54) is 4.88 Å². The van der Waals surface area contributed by atoms with Crippen molar-refractivity contribution >= 4 is 21.6 Å². The minimum absolute atomic E-state index is 0.104. The number of rotatable bonds is 5. The van der Waals surface area contributed by atoms with Crippen molar-refractivity contribution in [3.63, 3.8) is 0 Å². The van der Waals surface area contributed by atoms with Crippen molar-refractivity contribution in [1.29, 1.82) is 0 Å². The Morgan fingerprint density at radius 3 is 2.58 bits per heavy atom. The monoisotopic (exact) mass is 350 g/mol. The lowest BCUT2D eigenvalue weighted by Gasteiger charge is -2.27. The Hall–Kier alpha value is -1.28. The molecule has 2 aromatic rings. The van der Waals surface area contributed by atoms with Gasteiger partial charge in [0.05, 0.1) is 25.1 Å². The molecule has 0 atom stereocenters. The van der Waals surface area contributed by atoms with E-state index < -0.39 is 0 Å². The van der Waals surface area contributed by atoms with E-state index in [2.05, 4.69) is 16.7 Å². The molecule has 0 saturated carbocycles. The fraction of sp³-hybridized carbons (Fsp3) is 0.647. The van der Waals surface area contributed by atoms with E-state index in [4.69, 9.17) is 9.72 Å². The van der Waals surface area contributed by atoms with Gasteiger partial charge in [-0.1, -0.05) is 0 Å². The van der Waals surface area contributed by atoms with Gasteiger partial charge in [-0.2, -0.15) is 0 Å². The Morgan fingerprint density at radius 1 is 1.21 bits per heavy atom. The molecule has 7 heteroatoms. The molecule has 0 aliphatic carbocycles. The average molecular weight is 350 g/mol. The molecule has 0 radical (unpaired) electrons. The first kappa shape index (κ1) is 17.5. The van der Waals surface area contributed by atoms with Gasteiger partial charge in [-0.25, -0.2) is 4.98 Å². The Labute approximate surface area is 146 Å². The number of fused-ring (bicyclic) bond motifs is 1. The molecule has 0 amide bonds. The second-order valence-corrected chi connectivity index (χ2v) is 7.84. The minimum atomic E-state index is 0.104. The van der Waals surface area contributed by atoms with Gasteiger partial charge < -0.3 is 9.64 Å². The van der Waals surface area contributed by atoms with Gasteiger partial charge in [0.1, 0.15) is 10.7 Å². The predicted octanol–water partition coefficient (Wildman–Crippen LogP) is 1.47. The van der Waals surface area contributed by atoms with E-state index in [-0.39, 0.29) is 5.56 Å². The minimum Gasteiger partial charge on any atom is -0.379 e. The van der Waals surface area contributed by atoms with Crippen molar-refractivity contribution in [2.45, 2.75) is 26.9 Å². The van der Waals surface area contributed by atoms with Crippen LogP contribution < -0.4 is 5.56 Å². The molecule has 1 aliphatic heterocycles. The summed E-state index contributed by atoms with van der Waals surface area (Å²) < 4.78 is 7.27. The maximum absolute atomic E-state index is 13.1. The Morgan fingerprint density at radius 2 is 1.92 bits per heavy atom.